The Balaban J connectivity index is 2.28. The van der Waals surface area contributed by atoms with E-state index in [1.54, 1.807) is 12.1 Å². The van der Waals surface area contributed by atoms with Crippen molar-refractivity contribution in [1.82, 2.24) is 0 Å². The van der Waals surface area contributed by atoms with E-state index >= 15 is 0 Å². The number of hydrogen-bond donors (Lipinski definition) is 1. The van der Waals surface area contributed by atoms with Crippen LogP contribution in [-0.4, -0.2) is 16.7 Å². The van der Waals surface area contributed by atoms with E-state index in [9.17, 15) is 14.7 Å². The summed E-state index contributed by atoms with van der Waals surface area (Å²) >= 11 is 0. The van der Waals surface area contributed by atoms with Gasteiger partial charge < -0.3 is 5.11 Å². The predicted molar refractivity (Wildman–Crippen MR) is 113 cm³/mol. The number of ketones is 2. The van der Waals surface area contributed by atoms with Crippen LogP contribution in [0.5, 0.6) is 5.75 Å². The van der Waals surface area contributed by atoms with Gasteiger partial charge in [-0.1, -0.05) is 59.7 Å². The zero-order valence-corrected chi connectivity index (χ0v) is 17.7. The Hall–Kier alpha value is -2.68. The number of Topliss-reactive ketones (excluding diaryl/α,β-unsaturated/α-hetero) is 1. The fourth-order valence-electron chi connectivity index (χ4n) is 3.75. The van der Waals surface area contributed by atoms with Crippen molar-refractivity contribution >= 4 is 17.1 Å². The minimum absolute atomic E-state index is 0.148. The molecule has 0 unspecified atom stereocenters. The van der Waals surface area contributed by atoms with Gasteiger partial charge in [-0.15, -0.1) is 0 Å². The molecule has 3 rings (SSSR count). The highest BCUT2D eigenvalue weighted by Gasteiger charge is 2.31. The zero-order valence-electron chi connectivity index (χ0n) is 17.7. The van der Waals surface area contributed by atoms with E-state index in [-0.39, 0.29) is 28.1 Å². The first-order chi connectivity index (χ1) is 12.8. The third-order valence-electron chi connectivity index (χ3n) is 5.32. The number of allylic oxidation sites excluding steroid dienone is 2. The first-order valence-corrected chi connectivity index (χ1v) is 9.61. The SMILES string of the molecule is Cc1cccc2c1C(=O)C=C(c1cc(C(C)(C)C)c(O)c(C(C)(C)C)c1)C2=O. The first kappa shape index (κ1) is 20.1. The van der Waals surface area contributed by atoms with Gasteiger partial charge in [-0.25, -0.2) is 0 Å². The van der Waals surface area contributed by atoms with E-state index in [0.717, 1.165) is 16.7 Å². The number of phenols is 1. The fraction of sp³-hybridized carbons (Fsp3) is 0.360. The van der Waals surface area contributed by atoms with Gasteiger partial charge in [0, 0.05) is 27.8 Å². The molecule has 0 heterocycles. The Kier molecular flexibility index (Phi) is 4.61. The van der Waals surface area contributed by atoms with Gasteiger partial charge in [0.1, 0.15) is 5.75 Å². The molecular weight excluding hydrogens is 348 g/mol. The average molecular weight is 376 g/mol. The van der Waals surface area contributed by atoms with Gasteiger partial charge in [0.25, 0.3) is 0 Å². The van der Waals surface area contributed by atoms with Crippen LogP contribution in [0.15, 0.2) is 36.4 Å². The lowest BCUT2D eigenvalue weighted by molar-refractivity contribution is 0.100. The molecule has 0 atom stereocenters. The van der Waals surface area contributed by atoms with Crippen LogP contribution in [0.2, 0.25) is 0 Å². The lowest BCUT2D eigenvalue weighted by Crippen LogP contribution is -2.20. The molecule has 3 heteroatoms. The smallest absolute Gasteiger partial charge is 0.194 e. The summed E-state index contributed by atoms with van der Waals surface area (Å²) in [5.74, 6) is -0.0377. The molecule has 1 aliphatic carbocycles. The standard InChI is InChI=1S/C25H28O3/c1-14-9-8-10-16-21(14)20(26)13-17(22(16)27)15-11-18(24(2,3)4)23(28)19(12-15)25(5,6)7/h8-13,28H,1-7H3. The molecule has 0 radical (unpaired) electrons. The molecule has 0 saturated heterocycles. The van der Waals surface area contributed by atoms with E-state index in [2.05, 4.69) is 0 Å². The first-order valence-electron chi connectivity index (χ1n) is 9.61. The second-order valence-corrected chi connectivity index (χ2v) is 9.67. The summed E-state index contributed by atoms with van der Waals surface area (Å²) in [7, 11) is 0. The van der Waals surface area contributed by atoms with Crippen LogP contribution in [0.1, 0.15) is 84.5 Å². The number of aryl methyl sites for hydroxylation is 1. The fourth-order valence-corrected chi connectivity index (χ4v) is 3.75. The topological polar surface area (TPSA) is 54.4 Å². The quantitative estimate of drug-likeness (QED) is 0.688. The number of carbonyl (C=O) groups excluding carboxylic acids is 2. The third-order valence-corrected chi connectivity index (χ3v) is 5.32. The third kappa shape index (κ3) is 3.30. The van der Waals surface area contributed by atoms with Gasteiger partial charge >= 0.3 is 0 Å². The van der Waals surface area contributed by atoms with Crippen LogP contribution in [0.4, 0.5) is 0 Å². The van der Waals surface area contributed by atoms with Crippen molar-refractivity contribution in [3.05, 3.63) is 69.8 Å². The normalized spacial score (nSPS) is 14.8. The second kappa shape index (κ2) is 6.44. The number of phenolic OH excluding ortho intramolecular Hbond substituents is 1. The number of fused-ring (bicyclic) bond motifs is 1. The highest BCUT2D eigenvalue weighted by Crippen LogP contribution is 2.42. The summed E-state index contributed by atoms with van der Waals surface area (Å²) < 4.78 is 0. The lowest BCUT2D eigenvalue weighted by atomic mass is 9.76. The summed E-state index contributed by atoms with van der Waals surface area (Å²) in [6, 6.07) is 9.06. The van der Waals surface area contributed by atoms with Gasteiger partial charge in [0.05, 0.1) is 0 Å². The van der Waals surface area contributed by atoms with Crippen molar-refractivity contribution in [1.29, 1.82) is 0 Å². The molecule has 146 valence electrons. The maximum Gasteiger partial charge on any atom is 0.194 e. The van der Waals surface area contributed by atoms with E-state index < -0.39 is 0 Å². The molecule has 0 bridgehead atoms. The Bertz CT molecular complexity index is 990. The van der Waals surface area contributed by atoms with E-state index in [4.69, 9.17) is 0 Å². The highest BCUT2D eigenvalue weighted by molar-refractivity contribution is 6.39. The molecule has 0 aromatic heterocycles. The maximum atomic E-state index is 13.2. The molecule has 2 aromatic rings. The van der Waals surface area contributed by atoms with Crippen LogP contribution in [-0.2, 0) is 10.8 Å². The number of carbonyl (C=O) groups is 2. The number of benzene rings is 2. The molecule has 2 aromatic carbocycles. The predicted octanol–water partition coefficient (Wildman–Crippen LogP) is 5.76. The van der Waals surface area contributed by atoms with Crippen molar-refractivity contribution in [3.8, 4) is 5.75 Å². The van der Waals surface area contributed by atoms with Gasteiger partial charge in [-0.3, -0.25) is 9.59 Å². The van der Waals surface area contributed by atoms with Crippen LogP contribution in [0.3, 0.4) is 0 Å². The summed E-state index contributed by atoms with van der Waals surface area (Å²) in [6.45, 7) is 14.0. The second-order valence-electron chi connectivity index (χ2n) is 9.67. The number of hydrogen-bond acceptors (Lipinski definition) is 3. The monoisotopic (exact) mass is 376 g/mol. The van der Waals surface area contributed by atoms with Crippen molar-refractivity contribution in [3.63, 3.8) is 0 Å². The van der Waals surface area contributed by atoms with E-state index in [0.29, 0.717) is 22.3 Å². The van der Waals surface area contributed by atoms with Gasteiger partial charge in [-0.05, 0) is 47.1 Å². The molecule has 28 heavy (non-hydrogen) atoms. The maximum absolute atomic E-state index is 13.2. The van der Waals surface area contributed by atoms with E-state index in [1.807, 2.05) is 66.7 Å². The molecule has 0 amide bonds. The molecule has 0 spiro atoms. The Morgan fingerprint density at radius 3 is 1.89 bits per heavy atom. The Labute approximate surface area is 167 Å². The molecular formula is C25H28O3. The summed E-state index contributed by atoms with van der Waals surface area (Å²) in [5.41, 5.74) is 3.73. The van der Waals surface area contributed by atoms with E-state index in [1.165, 1.54) is 6.08 Å². The number of rotatable bonds is 1. The summed E-state index contributed by atoms with van der Waals surface area (Å²) in [5, 5.41) is 10.9. The van der Waals surface area contributed by atoms with Crippen LogP contribution in [0, 0.1) is 6.92 Å². The Morgan fingerprint density at radius 2 is 1.39 bits per heavy atom. The lowest BCUT2D eigenvalue weighted by Gasteiger charge is -2.29. The minimum Gasteiger partial charge on any atom is -0.507 e. The van der Waals surface area contributed by atoms with Crippen LogP contribution in [0.25, 0.3) is 5.57 Å². The van der Waals surface area contributed by atoms with Crippen molar-refractivity contribution in [2.75, 3.05) is 0 Å². The van der Waals surface area contributed by atoms with Crippen LogP contribution < -0.4 is 0 Å². The largest absolute Gasteiger partial charge is 0.507 e. The average Bonchev–Trinajstić information content (AvgIpc) is 2.56. The van der Waals surface area contributed by atoms with Crippen molar-refractivity contribution in [2.45, 2.75) is 59.3 Å². The van der Waals surface area contributed by atoms with Gasteiger partial charge in [0.15, 0.2) is 11.6 Å². The zero-order chi connectivity index (χ0) is 21.0. The van der Waals surface area contributed by atoms with Gasteiger partial charge in [0.2, 0.25) is 0 Å². The molecule has 1 aliphatic rings. The molecule has 3 nitrogen and oxygen atoms in total. The van der Waals surface area contributed by atoms with Crippen molar-refractivity contribution < 1.29 is 14.7 Å². The number of aromatic hydroxyl groups is 1. The van der Waals surface area contributed by atoms with Crippen LogP contribution >= 0.6 is 0 Å². The molecule has 0 aliphatic heterocycles. The van der Waals surface area contributed by atoms with Gasteiger partial charge in [-0.2, -0.15) is 0 Å². The molecule has 0 saturated carbocycles. The Morgan fingerprint density at radius 1 is 0.857 bits per heavy atom. The minimum atomic E-state index is -0.309. The summed E-state index contributed by atoms with van der Waals surface area (Å²) in [4.78, 5) is 26.0. The summed E-state index contributed by atoms with van der Waals surface area (Å²) in [6.07, 6.45) is 1.45. The highest BCUT2D eigenvalue weighted by atomic mass is 16.3. The molecule has 0 fully saturated rings. The molecule has 1 N–H and O–H groups in total. The van der Waals surface area contributed by atoms with Crippen molar-refractivity contribution in [2.24, 2.45) is 0 Å².